The minimum absolute atomic E-state index is 0.364. The molecule has 6 heteroatoms. The molecule has 0 amide bonds. The summed E-state index contributed by atoms with van der Waals surface area (Å²) in [6.07, 6.45) is 1.34. The summed E-state index contributed by atoms with van der Waals surface area (Å²) in [6, 6.07) is 14.2. The third kappa shape index (κ3) is 6.13. The zero-order valence-corrected chi connectivity index (χ0v) is 18.5. The zero-order chi connectivity index (χ0) is 21.5. The number of hydrogen-bond donors (Lipinski definition) is 2. The molecule has 1 aliphatic rings. The first-order valence-corrected chi connectivity index (χ1v) is 10.6. The summed E-state index contributed by atoms with van der Waals surface area (Å²) in [5.41, 5.74) is 9.34. The Bertz CT molecular complexity index is 841. The molecule has 3 N–H and O–H groups in total. The van der Waals surface area contributed by atoms with Gasteiger partial charge in [0.15, 0.2) is 17.5 Å². The van der Waals surface area contributed by atoms with E-state index in [1.54, 1.807) is 14.2 Å². The molecule has 30 heavy (non-hydrogen) atoms. The predicted molar refractivity (Wildman–Crippen MR) is 123 cm³/mol. The van der Waals surface area contributed by atoms with E-state index < -0.39 is 0 Å². The van der Waals surface area contributed by atoms with E-state index in [1.807, 2.05) is 18.2 Å². The molecule has 2 aromatic carbocycles. The minimum atomic E-state index is 0.364. The van der Waals surface area contributed by atoms with Crippen molar-refractivity contribution in [3.8, 4) is 11.5 Å². The highest BCUT2D eigenvalue weighted by Crippen LogP contribution is 2.29. The maximum atomic E-state index is 6.06. The number of hydrogen-bond acceptors (Lipinski definition) is 4. The van der Waals surface area contributed by atoms with Gasteiger partial charge in [-0.2, -0.15) is 0 Å². The van der Waals surface area contributed by atoms with Crippen LogP contribution in [0.5, 0.6) is 11.5 Å². The topological polar surface area (TPSA) is 72.1 Å². The molecule has 2 aromatic rings. The van der Waals surface area contributed by atoms with Gasteiger partial charge in [-0.15, -0.1) is 0 Å². The smallest absolute Gasteiger partial charge is 0.193 e. The molecular formula is C24H34N4O2. The first-order valence-electron chi connectivity index (χ1n) is 10.6. The van der Waals surface area contributed by atoms with Gasteiger partial charge in [0.1, 0.15) is 0 Å². The number of nitrogens with zero attached hydrogens (tertiary/aromatic N) is 2. The normalized spacial score (nSPS) is 20.1. The largest absolute Gasteiger partial charge is 0.493 e. The van der Waals surface area contributed by atoms with Gasteiger partial charge in [-0.1, -0.05) is 38.1 Å². The van der Waals surface area contributed by atoms with Crippen LogP contribution in [0.2, 0.25) is 0 Å². The second kappa shape index (κ2) is 10.3. The monoisotopic (exact) mass is 410 g/mol. The summed E-state index contributed by atoms with van der Waals surface area (Å²) in [4.78, 5) is 7.02. The molecule has 0 spiro atoms. The number of aliphatic imine (C=N–C) groups is 1. The average molecular weight is 411 g/mol. The van der Waals surface area contributed by atoms with Gasteiger partial charge >= 0.3 is 0 Å². The van der Waals surface area contributed by atoms with Crippen LogP contribution in [0.25, 0.3) is 0 Å². The highest BCUT2D eigenvalue weighted by Gasteiger charge is 2.21. The van der Waals surface area contributed by atoms with Gasteiger partial charge in [-0.25, -0.2) is 4.99 Å². The molecule has 1 heterocycles. The van der Waals surface area contributed by atoms with Crippen molar-refractivity contribution >= 4 is 11.6 Å². The van der Waals surface area contributed by atoms with E-state index in [-0.39, 0.29) is 0 Å². The Morgan fingerprint density at radius 1 is 1.00 bits per heavy atom. The van der Waals surface area contributed by atoms with Crippen LogP contribution in [0.4, 0.5) is 5.69 Å². The van der Waals surface area contributed by atoms with E-state index in [2.05, 4.69) is 53.3 Å². The molecule has 1 aliphatic heterocycles. The molecule has 0 aromatic heterocycles. The third-order valence-electron chi connectivity index (χ3n) is 5.46. The molecule has 1 saturated heterocycles. The summed E-state index contributed by atoms with van der Waals surface area (Å²) in [7, 11) is 3.22. The van der Waals surface area contributed by atoms with E-state index >= 15 is 0 Å². The summed E-state index contributed by atoms with van der Waals surface area (Å²) in [5.74, 6) is 3.24. The van der Waals surface area contributed by atoms with Crippen LogP contribution in [0, 0.1) is 11.8 Å². The lowest BCUT2D eigenvalue weighted by Gasteiger charge is -2.35. The SMILES string of the molecule is COc1ccc(NC(N)=NCc2ccc(CN3CC(C)CC(C)C3)cc2)cc1OC. The highest BCUT2D eigenvalue weighted by molar-refractivity contribution is 5.92. The molecule has 0 bridgehead atoms. The summed E-state index contributed by atoms with van der Waals surface area (Å²) in [6.45, 7) is 8.63. The molecule has 0 aliphatic carbocycles. The third-order valence-corrected chi connectivity index (χ3v) is 5.46. The fourth-order valence-electron chi connectivity index (χ4n) is 4.21. The van der Waals surface area contributed by atoms with Gasteiger partial charge in [0.2, 0.25) is 0 Å². The zero-order valence-electron chi connectivity index (χ0n) is 18.5. The molecule has 0 saturated carbocycles. The lowest BCUT2D eigenvalue weighted by atomic mass is 9.91. The number of piperidine rings is 1. The fourth-order valence-corrected chi connectivity index (χ4v) is 4.21. The van der Waals surface area contributed by atoms with Crippen molar-refractivity contribution in [1.82, 2.24) is 4.90 Å². The highest BCUT2D eigenvalue weighted by atomic mass is 16.5. The van der Waals surface area contributed by atoms with Gasteiger partial charge in [-0.05, 0) is 41.5 Å². The molecule has 0 radical (unpaired) electrons. The van der Waals surface area contributed by atoms with Gasteiger partial charge in [0.25, 0.3) is 0 Å². The Hall–Kier alpha value is -2.73. The van der Waals surface area contributed by atoms with E-state index in [0.717, 1.165) is 29.6 Å². The van der Waals surface area contributed by atoms with E-state index in [1.165, 1.54) is 25.1 Å². The molecule has 2 unspecified atom stereocenters. The number of rotatable bonds is 7. The number of nitrogens with two attached hydrogens (primary N) is 1. The molecule has 2 atom stereocenters. The van der Waals surface area contributed by atoms with Gasteiger partial charge in [-0.3, -0.25) is 4.90 Å². The number of methoxy groups -OCH3 is 2. The van der Waals surface area contributed by atoms with Crippen molar-refractivity contribution in [2.24, 2.45) is 22.6 Å². The van der Waals surface area contributed by atoms with E-state index in [9.17, 15) is 0 Å². The van der Waals surface area contributed by atoms with Crippen molar-refractivity contribution < 1.29 is 9.47 Å². The van der Waals surface area contributed by atoms with Crippen LogP contribution in [0.1, 0.15) is 31.4 Å². The summed E-state index contributed by atoms with van der Waals surface area (Å²) in [5, 5.41) is 3.10. The average Bonchev–Trinajstić information content (AvgIpc) is 2.72. The Morgan fingerprint density at radius 3 is 2.27 bits per heavy atom. The van der Waals surface area contributed by atoms with Crippen molar-refractivity contribution in [1.29, 1.82) is 0 Å². The van der Waals surface area contributed by atoms with E-state index in [4.69, 9.17) is 15.2 Å². The number of ether oxygens (including phenoxy) is 2. The van der Waals surface area contributed by atoms with E-state index in [0.29, 0.717) is 24.0 Å². The lowest BCUT2D eigenvalue weighted by molar-refractivity contribution is 0.134. The summed E-state index contributed by atoms with van der Waals surface area (Å²) < 4.78 is 10.6. The van der Waals surface area contributed by atoms with Crippen molar-refractivity contribution in [3.05, 3.63) is 53.6 Å². The minimum Gasteiger partial charge on any atom is -0.493 e. The fraction of sp³-hybridized carbons (Fsp3) is 0.458. The first kappa shape index (κ1) is 22.0. The maximum absolute atomic E-state index is 6.06. The predicted octanol–water partition coefficient (Wildman–Crippen LogP) is 4.11. The van der Waals surface area contributed by atoms with Crippen molar-refractivity contribution in [3.63, 3.8) is 0 Å². The van der Waals surface area contributed by atoms with Crippen LogP contribution in [-0.4, -0.2) is 38.2 Å². The number of nitrogens with one attached hydrogen (secondary N) is 1. The number of anilines is 1. The standard InChI is InChI=1S/C24H34N4O2/c1-17-11-18(2)15-28(14-17)16-20-7-5-19(6-8-20)13-26-24(25)27-21-9-10-22(29-3)23(12-21)30-4/h5-10,12,17-18H,11,13-16H2,1-4H3,(H3,25,26,27). The van der Waals surface area contributed by atoms with Crippen LogP contribution < -0.4 is 20.5 Å². The Kier molecular flexibility index (Phi) is 7.57. The Morgan fingerprint density at radius 2 is 1.63 bits per heavy atom. The number of likely N-dealkylation sites (tertiary alicyclic amines) is 1. The van der Waals surface area contributed by atoms with Crippen LogP contribution >= 0.6 is 0 Å². The van der Waals surface area contributed by atoms with Gasteiger partial charge < -0.3 is 20.5 Å². The number of guanidine groups is 1. The molecule has 1 fully saturated rings. The molecule has 3 rings (SSSR count). The second-order valence-electron chi connectivity index (χ2n) is 8.35. The number of benzene rings is 2. The van der Waals surface area contributed by atoms with Crippen LogP contribution in [-0.2, 0) is 13.1 Å². The van der Waals surface area contributed by atoms with Crippen LogP contribution in [0.3, 0.4) is 0 Å². The lowest BCUT2D eigenvalue weighted by Crippen LogP contribution is -2.38. The molecule has 162 valence electrons. The molecule has 6 nitrogen and oxygen atoms in total. The Balaban J connectivity index is 1.54. The summed E-state index contributed by atoms with van der Waals surface area (Å²) >= 11 is 0. The molecular weight excluding hydrogens is 376 g/mol. The van der Waals surface area contributed by atoms with Gasteiger partial charge in [0.05, 0.1) is 20.8 Å². The quantitative estimate of drug-likeness (QED) is 0.531. The first-order chi connectivity index (χ1) is 14.5. The van der Waals surface area contributed by atoms with Crippen molar-refractivity contribution in [2.45, 2.75) is 33.4 Å². The maximum Gasteiger partial charge on any atom is 0.193 e. The second-order valence-corrected chi connectivity index (χ2v) is 8.35. The Labute approximate surface area is 180 Å². The van der Waals surface area contributed by atoms with Gasteiger partial charge in [0, 0.05) is 31.4 Å². The van der Waals surface area contributed by atoms with Crippen LogP contribution in [0.15, 0.2) is 47.5 Å². The van der Waals surface area contributed by atoms with Crippen molar-refractivity contribution in [2.75, 3.05) is 32.6 Å².